The minimum Gasteiger partial charge on any atom is -0.396 e. The molecule has 8 heteroatoms. The van der Waals surface area contributed by atoms with Crippen molar-refractivity contribution < 1.29 is 5.11 Å². The smallest absolute Gasteiger partial charge is 0.193 e. The van der Waals surface area contributed by atoms with Gasteiger partial charge >= 0.3 is 0 Å². The summed E-state index contributed by atoms with van der Waals surface area (Å²) in [7, 11) is 0. The standard InChI is InChI=1S/C16H27N5OS.HI/c1-3-5-13(6-8-22)10-18-15(17-4-2)19-11-14-12-21-7-9-23-16(21)20-14;/h7,9,12-13,22H,3-6,8,10-11H2,1-2H3,(H2,17,18,19);1H. The first-order valence-electron chi connectivity index (χ1n) is 8.30. The molecule has 0 aliphatic carbocycles. The number of fused-ring (bicyclic) bond motifs is 1. The van der Waals surface area contributed by atoms with Gasteiger partial charge in [-0.3, -0.25) is 4.40 Å². The van der Waals surface area contributed by atoms with E-state index in [9.17, 15) is 0 Å². The Bertz CT molecular complexity index is 578. The van der Waals surface area contributed by atoms with Crippen LogP contribution in [0.15, 0.2) is 22.8 Å². The van der Waals surface area contributed by atoms with Crippen molar-refractivity contribution >= 4 is 46.2 Å². The number of imidazole rings is 1. The molecule has 0 bridgehead atoms. The molecule has 2 aromatic rings. The zero-order valence-electron chi connectivity index (χ0n) is 14.4. The predicted molar refractivity (Wildman–Crippen MR) is 111 cm³/mol. The van der Waals surface area contributed by atoms with E-state index in [1.807, 2.05) is 22.2 Å². The molecule has 1 atom stereocenters. The number of aromatic nitrogens is 2. The average Bonchev–Trinajstić information content (AvgIpc) is 3.11. The number of nitrogens with zero attached hydrogens (tertiary/aromatic N) is 3. The van der Waals surface area contributed by atoms with Crippen LogP contribution in [-0.4, -0.2) is 40.1 Å². The van der Waals surface area contributed by atoms with Crippen molar-refractivity contribution in [2.45, 2.75) is 39.7 Å². The topological polar surface area (TPSA) is 74.0 Å². The molecule has 136 valence electrons. The molecule has 0 fully saturated rings. The summed E-state index contributed by atoms with van der Waals surface area (Å²) in [5, 5.41) is 17.8. The zero-order chi connectivity index (χ0) is 16.5. The number of aliphatic hydroxyl groups excluding tert-OH is 1. The Hall–Kier alpha value is -0.870. The lowest BCUT2D eigenvalue weighted by molar-refractivity contribution is 0.251. The lowest BCUT2D eigenvalue weighted by Crippen LogP contribution is -2.40. The third-order valence-electron chi connectivity index (χ3n) is 3.68. The summed E-state index contributed by atoms with van der Waals surface area (Å²) in [5.74, 6) is 1.29. The van der Waals surface area contributed by atoms with Gasteiger partial charge in [0.25, 0.3) is 0 Å². The van der Waals surface area contributed by atoms with Crippen LogP contribution in [0.25, 0.3) is 4.96 Å². The molecular weight excluding hydrogens is 437 g/mol. The second-order valence-corrected chi connectivity index (χ2v) is 6.44. The average molecular weight is 465 g/mol. The first kappa shape index (κ1) is 21.2. The number of hydrogen-bond donors (Lipinski definition) is 3. The molecule has 6 nitrogen and oxygen atoms in total. The van der Waals surface area contributed by atoms with Crippen LogP contribution < -0.4 is 10.6 Å². The van der Waals surface area contributed by atoms with Crippen LogP contribution in [0.4, 0.5) is 0 Å². The van der Waals surface area contributed by atoms with E-state index < -0.39 is 0 Å². The van der Waals surface area contributed by atoms with Gasteiger partial charge in [-0.15, -0.1) is 35.3 Å². The number of thiazole rings is 1. The highest BCUT2D eigenvalue weighted by molar-refractivity contribution is 14.0. The molecule has 24 heavy (non-hydrogen) atoms. The summed E-state index contributed by atoms with van der Waals surface area (Å²) in [5.41, 5.74) is 0.967. The molecule has 0 aliphatic rings. The van der Waals surface area contributed by atoms with Gasteiger partial charge in [-0.1, -0.05) is 13.3 Å². The number of rotatable bonds is 9. The maximum absolute atomic E-state index is 9.15. The summed E-state index contributed by atoms with van der Waals surface area (Å²) in [4.78, 5) is 10.2. The highest BCUT2D eigenvalue weighted by Crippen LogP contribution is 2.12. The summed E-state index contributed by atoms with van der Waals surface area (Å²) in [6, 6.07) is 0. The van der Waals surface area contributed by atoms with E-state index in [1.54, 1.807) is 11.3 Å². The molecule has 0 aliphatic heterocycles. The third-order valence-corrected chi connectivity index (χ3v) is 4.45. The number of halogens is 1. The predicted octanol–water partition coefficient (Wildman–Crippen LogP) is 2.87. The van der Waals surface area contributed by atoms with Crippen molar-refractivity contribution in [2.24, 2.45) is 10.9 Å². The first-order valence-corrected chi connectivity index (χ1v) is 9.18. The highest BCUT2D eigenvalue weighted by Gasteiger charge is 2.08. The van der Waals surface area contributed by atoms with Crippen LogP contribution in [-0.2, 0) is 6.54 Å². The molecule has 3 N–H and O–H groups in total. The Balaban J connectivity index is 0.00000288. The number of nitrogens with one attached hydrogen (secondary N) is 2. The molecular formula is C16H28IN5OS. The molecule has 2 rings (SSSR count). The number of guanidine groups is 1. The van der Waals surface area contributed by atoms with E-state index in [1.165, 1.54) is 0 Å². The number of aliphatic imine (C=N–C) groups is 1. The van der Waals surface area contributed by atoms with Gasteiger partial charge in [-0.2, -0.15) is 0 Å². The molecule has 0 radical (unpaired) electrons. The summed E-state index contributed by atoms with van der Waals surface area (Å²) in [6.45, 7) is 6.68. The van der Waals surface area contributed by atoms with Crippen molar-refractivity contribution in [2.75, 3.05) is 19.7 Å². The Labute approximate surface area is 164 Å². The summed E-state index contributed by atoms with van der Waals surface area (Å²) in [6.07, 6.45) is 7.10. The van der Waals surface area contributed by atoms with Crippen molar-refractivity contribution in [3.05, 3.63) is 23.5 Å². The van der Waals surface area contributed by atoms with Gasteiger partial charge in [-0.25, -0.2) is 9.98 Å². The van der Waals surface area contributed by atoms with Crippen molar-refractivity contribution in [3.63, 3.8) is 0 Å². The fourth-order valence-corrected chi connectivity index (χ4v) is 3.25. The van der Waals surface area contributed by atoms with Crippen LogP contribution in [0.5, 0.6) is 0 Å². The van der Waals surface area contributed by atoms with Crippen LogP contribution in [0.1, 0.15) is 38.8 Å². The Kier molecular flexibility index (Phi) is 10.3. The first-order chi connectivity index (χ1) is 11.3. The van der Waals surface area contributed by atoms with E-state index >= 15 is 0 Å². The Morgan fingerprint density at radius 1 is 1.38 bits per heavy atom. The quantitative estimate of drug-likeness (QED) is 0.303. The fourth-order valence-electron chi connectivity index (χ4n) is 2.53. The van der Waals surface area contributed by atoms with Crippen molar-refractivity contribution in [1.29, 1.82) is 0 Å². The fraction of sp³-hybridized carbons (Fsp3) is 0.625. The molecule has 0 saturated carbocycles. The molecule has 0 saturated heterocycles. The van der Waals surface area contributed by atoms with Gasteiger partial charge in [0.15, 0.2) is 10.9 Å². The Morgan fingerprint density at radius 3 is 2.88 bits per heavy atom. The van der Waals surface area contributed by atoms with E-state index in [4.69, 9.17) is 5.11 Å². The van der Waals surface area contributed by atoms with Gasteiger partial charge in [0.1, 0.15) is 0 Å². The van der Waals surface area contributed by atoms with Gasteiger partial charge in [-0.05, 0) is 25.7 Å². The van der Waals surface area contributed by atoms with Crippen molar-refractivity contribution in [3.8, 4) is 0 Å². The maximum atomic E-state index is 9.15. The Morgan fingerprint density at radius 2 is 2.21 bits per heavy atom. The van der Waals surface area contributed by atoms with E-state index in [-0.39, 0.29) is 30.6 Å². The monoisotopic (exact) mass is 465 g/mol. The highest BCUT2D eigenvalue weighted by atomic mass is 127. The number of aliphatic hydroxyl groups is 1. The zero-order valence-corrected chi connectivity index (χ0v) is 17.5. The molecule has 1 unspecified atom stereocenters. The lowest BCUT2D eigenvalue weighted by Gasteiger charge is -2.18. The second kappa shape index (κ2) is 11.6. The summed E-state index contributed by atoms with van der Waals surface area (Å²) >= 11 is 1.63. The minimum atomic E-state index is 0. The SMILES string of the molecule is CCCC(CCO)CNC(=NCc1cn2ccsc2n1)NCC.I. The van der Waals surface area contributed by atoms with Crippen LogP contribution in [0.2, 0.25) is 0 Å². The maximum Gasteiger partial charge on any atom is 0.193 e. The van der Waals surface area contributed by atoms with Crippen LogP contribution in [0.3, 0.4) is 0 Å². The number of hydrogen-bond acceptors (Lipinski definition) is 4. The van der Waals surface area contributed by atoms with Gasteiger partial charge < -0.3 is 15.7 Å². The molecule has 2 aromatic heterocycles. The van der Waals surface area contributed by atoms with Gasteiger partial charge in [0.05, 0.1) is 12.2 Å². The largest absolute Gasteiger partial charge is 0.396 e. The minimum absolute atomic E-state index is 0. The van der Waals surface area contributed by atoms with Crippen molar-refractivity contribution in [1.82, 2.24) is 20.0 Å². The van der Waals surface area contributed by atoms with Crippen LogP contribution in [0, 0.1) is 5.92 Å². The molecule has 0 spiro atoms. The normalized spacial score (nSPS) is 12.9. The summed E-state index contributed by atoms with van der Waals surface area (Å²) < 4.78 is 2.02. The lowest BCUT2D eigenvalue weighted by atomic mass is 10.0. The third kappa shape index (κ3) is 6.56. The molecule has 0 aromatic carbocycles. The molecule has 2 heterocycles. The van der Waals surface area contributed by atoms with E-state index in [0.29, 0.717) is 12.5 Å². The van der Waals surface area contributed by atoms with E-state index in [0.717, 1.165) is 49.0 Å². The van der Waals surface area contributed by atoms with Gasteiger partial charge in [0.2, 0.25) is 0 Å². The van der Waals surface area contributed by atoms with E-state index in [2.05, 4.69) is 34.5 Å². The van der Waals surface area contributed by atoms with Gasteiger partial charge in [0, 0.05) is 37.5 Å². The molecule has 0 amide bonds. The second-order valence-electron chi connectivity index (χ2n) is 5.57. The van der Waals surface area contributed by atoms with Crippen LogP contribution >= 0.6 is 35.3 Å².